The van der Waals surface area contributed by atoms with Crippen LogP contribution in [0.25, 0.3) is 0 Å². The molecule has 1 aliphatic rings. The van der Waals surface area contributed by atoms with Crippen LogP contribution in [0.2, 0.25) is 0 Å². The fraction of sp³-hybridized carbons (Fsp3) is 0.333. The molecule has 22 heavy (non-hydrogen) atoms. The number of hydrogen-bond donors (Lipinski definition) is 1. The lowest BCUT2D eigenvalue weighted by molar-refractivity contribution is -0.118. The highest BCUT2D eigenvalue weighted by molar-refractivity contribution is 5.92. The molecule has 0 spiro atoms. The van der Waals surface area contributed by atoms with Crippen molar-refractivity contribution in [3.05, 3.63) is 53.3 Å². The first kappa shape index (κ1) is 14.6. The highest BCUT2D eigenvalue weighted by Gasteiger charge is 2.16. The molecule has 0 fully saturated rings. The maximum absolute atomic E-state index is 12.1. The Morgan fingerprint density at radius 1 is 1.23 bits per heavy atom. The first-order valence-corrected chi connectivity index (χ1v) is 7.69. The molecule has 1 aliphatic carbocycles. The van der Waals surface area contributed by atoms with Crippen LogP contribution in [0.4, 0.5) is 5.69 Å². The number of carbonyl (C=O) groups is 1. The summed E-state index contributed by atoms with van der Waals surface area (Å²) in [5, 5.41) is 2.88. The SMILES string of the molecule is Cc1ccccc1NC(=O)COc1ccnc2c1CCCC2. The van der Waals surface area contributed by atoms with Gasteiger partial charge in [-0.15, -0.1) is 0 Å². The van der Waals surface area contributed by atoms with Gasteiger partial charge in [-0.05, 0) is 50.3 Å². The molecule has 4 nitrogen and oxygen atoms in total. The number of carbonyl (C=O) groups excluding carboxylic acids is 1. The summed E-state index contributed by atoms with van der Waals surface area (Å²) in [6.45, 7) is 1.99. The highest BCUT2D eigenvalue weighted by Crippen LogP contribution is 2.27. The van der Waals surface area contributed by atoms with E-state index >= 15 is 0 Å². The van der Waals surface area contributed by atoms with Crippen LogP contribution in [-0.2, 0) is 17.6 Å². The molecule has 1 heterocycles. The van der Waals surface area contributed by atoms with Crippen LogP contribution in [-0.4, -0.2) is 17.5 Å². The minimum Gasteiger partial charge on any atom is -0.483 e. The molecule has 0 unspecified atom stereocenters. The Hall–Kier alpha value is -2.36. The second-order valence-corrected chi connectivity index (χ2v) is 5.59. The number of nitrogens with one attached hydrogen (secondary N) is 1. The molecule has 1 aromatic heterocycles. The summed E-state index contributed by atoms with van der Waals surface area (Å²) in [6.07, 6.45) is 6.08. The molecule has 1 amide bonds. The molecule has 1 N–H and O–H groups in total. The van der Waals surface area contributed by atoms with Gasteiger partial charge >= 0.3 is 0 Å². The van der Waals surface area contributed by atoms with E-state index in [-0.39, 0.29) is 12.5 Å². The predicted octanol–water partition coefficient (Wildman–Crippen LogP) is 3.29. The van der Waals surface area contributed by atoms with Crippen molar-refractivity contribution in [2.75, 3.05) is 11.9 Å². The monoisotopic (exact) mass is 296 g/mol. The lowest BCUT2D eigenvalue weighted by atomic mass is 9.95. The number of amides is 1. The molecule has 2 aromatic rings. The van der Waals surface area contributed by atoms with Crippen molar-refractivity contribution in [3.63, 3.8) is 0 Å². The molecule has 0 radical (unpaired) electrons. The minimum absolute atomic E-state index is 0.0186. The van der Waals surface area contributed by atoms with E-state index in [0.29, 0.717) is 0 Å². The average molecular weight is 296 g/mol. The van der Waals surface area contributed by atoms with Gasteiger partial charge in [0.2, 0.25) is 0 Å². The Morgan fingerprint density at radius 3 is 2.91 bits per heavy atom. The second-order valence-electron chi connectivity index (χ2n) is 5.59. The van der Waals surface area contributed by atoms with Gasteiger partial charge in [-0.3, -0.25) is 9.78 Å². The van der Waals surface area contributed by atoms with Crippen LogP contribution in [0, 0.1) is 6.92 Å². The third-order valence-corrected chi connectivity index (χ3v) is 3.97. The third kappa shape index (κ3) is 3.27. The van der Waals surface area contributed by atoms with Crippen LogP contribution in [0.1, 0.15) is 29.7 Å². The molecular formula is C18H20N2O2. The van der Waals surface area contributed by atoms with Crippen LogP contribution in [0.3, 0.4) is 0 Å². The number of anilines is 1. The first-order chi connectivity index (χ1) is 10.7. The number of para-hydroxylation sites is 1. The molecule has 1 aromatic carbocycles. The van der Waals surface area contributed by atoms with E-state index in [9.17, 15) is 4.79 Å². The van der Waals surface area contributed by atoms with Gasteiger partial charge in [0.1, 0.15) is 5.75 Å². The summed E-state index contributed by atoms with van der Waals surface area (Å²) in [4.78, 5) is 16.5. The second kappa shape index (κ2) is 6.60. The van der Waals surface area contributed by atoms with Crippen molar-refractivity contribution in [1.82, 2.24) is 4.98 Å². The Balaban J connectivity index is 1.63. The molecule has 3 rings (SSSR count). The van der Waals surface area contributed by atoms with Gasteiger partial charge < -0.3 is 10.1 Å². The van der Waals surface area contributed by atoms with E-state index in [4.69, 9.17) is 4.74 Å². The van der Waals surface area contributed by atoms with E-state index in [1.54, 1.807) is 6.20 Å². The molecule has 0 saturated carbocycles. The van der Waals surface area contributed by atoms with Crippen LogP contribution < -0.4 is 10.1 Å². The van der Waals surface area contributed by atoms with Crippen molar-refractivity contribution in [3.8, 4) is 5.75 Å². The van der Waals surface area contributed by atoms with E-state index in [2.05, 4.69) is 10.3 Å². The molecule has 0 bridgehead atoms. The first-order valence-electron chi connectivity index (χ1n) is 7.69. The lowest BCUT2D eigenvalue weighted by Gasteiger charge is -2.18. The number of rotatable bonds is 4. The van der Waals surface area contributed by atoms with Crippen LogP contribution >= 0.6 is 0 Å². The zero-order valence-corrected chi connectivity index (χ0v) is 12.8. The Kier molecular flexibility index (Phi) is 4.37. The van der Waals surface area contributed by atoms with Crippen molar-refractivity contribution in [1.29, 1.82) is 0 Å². The third-order valence-electron chi connectivity index (χ3n) is 3.97. The van der Waals surface area contributed by atoms with Crippen LogP contribution in [0.15, 0.2) is 36.5 Å². The van der Waals surface area contributed by atoms with Gasteiger partial charge in [0, 0.05) is 23.1 Å². The quantitative estimate of drug-likeness (QED) is 0.942. The summed E-state index contributed by atoms with van der Waals surface area (Å²) in [5.74, 6) is 0.653. The molecule has 4 heteroatoms. The number of hydrogen-bond acceptors (Lipinski definition) is 3. The predicted molar refractivity (Wildman–Crippen MR) is 86.2 cm³/mol. The summed E-state index contributed by atoms with van der Waals surface area (Å²) >= 11 is 0. The summed E-state index contributed by atoms with van der Waals surface area (Å²) < 4.78 is 5.73. The zero-order valence-electron chi connectivity index (χ0n) is 12.8. The molecular weight excluding hydrogens is 276 g/mol. The number of fused-ring (bicyclic) bond motifs is 1. The number of ether oxygens (including phenoxy) is 1. The lowest BCUT2D eigenvalue weighted by Crippen LogP contribution is -2.21. The summed E-state index contributed by atoms with van der Waals surface area (Å²) in [7, 11) is 0. The number of nitrogens with zero attached hydrogens (tertiary/aromatic N) is 1. The molecule has 114 valence electrons. The van der Waals surface area contributed by atoms with Gasteiger partial charge in [-0.2, -0.15) is 0 Å². The van der Waals surface area contributed by atoms with Gasteiger partial charge in [0.05, 0.1) is 0 Å². The van der Waals surface area contributed by atoms with Gasteiger partial charge in [-0.1, -0.05) is 18.2 Å². The Labute approximate surface area is 130 Å². The maximum Gasteiger partial charge on any atom is 0.262 e. The Morgan fingerprint density at radius 2 is 2.05 bits per heavy atom. The van der Waals surface area contributed by atoms with Gasteiger partial charge in [0.15, 0.2) is 6.61 Å². The summed E-state index contributed by atoms with van der Waals surface area (Å²) in [5.41, 5.74) is 4.14. The number of benzene rings is 1. The van der Waals surface area contributed by atoms with Crippen LogP contribution in [0.5, 0.6) is 5.75 Å². The Bertz CT molecular complexity index is 683. The smallest absolute Gasteiger partial charge is 0.262 e. The van der Waals surface area contributed by atoms with Crippen molar-refractivity contribution in [2.45, 2.75) is 32.6 Å². The van der Waals surface area contributed by atoms with Gasteiger partial charge in [-0.25, -0.2) is 0 Å². The minimum atomic E-state index is -0.143. The summed E-state index contributed by atoms with van der Waals surface area (Å²) in [6, 6.07) is 9.57. The fourth-order valence-electron chi connectivity index (χ4n) is 2.77. The van der Waals surface area contributed by atoms with E-state index in [0.717, 1.165) is 47.5 Å². The largest absolute Gasteiger partial charge is 0.483 e. The van der Waals surface area contributed by atoms with E-state index in [1.807, 2.05) is 37.3 Å². The normalized spacial score (nSPS) is 13.3. The molecule has 0 atom stereocenters. The zero-order chi connectivity index (χ0) is 15.4. The fourth-order valence-corrected chi connectivity index (χ4v) is 2.77. The number of aryl methyl sites for hydroxylation is 2. The highest BCUT2D eigenvalue weighted by atomic mass is 16.5. The number of pyridine rings is 1. The van der Waals surface area contributed by atoms with E-state index < -0.39 is 0 Å². The van der Waals surface area contributed by atoms with Crippen molar-refractivity contribution < 1.29 is 9.53 Å². The topological polar surface area (TPSA) is 51.2 Å². The van der Waals surface area contributed by atoms with Crippen molar-refractivity contribution >= 4 is 11.6 Å². The molecule has 0 saturated heterocycles. The van der Waals surface area contributed by atoms with Gasteiger partial charge in [0.25, 0.3) is 5.91 Å². The standard InChI is InChI=1S/C18H20N2O2/c1-13-6-2-4-8-15(13)20-18(21)12-22-17-10-11-19-16-9-5-3-7-14(16)17/h2,4,6,8,10-11H,3,5,7,9,12H2,1H3,(H,20,21). The average Bonchev–Trinajstić information content (AvgIpc) is 2.55. The molecule has 0 aliphatic heterocycles. The maximum atomic E-state index is 12.1. The van der Waals surface area contributed by atoms with E-state index in [1.165, 1.54) is 6.42 Å². The van der Waals surface area contributed by atoms with Crippen molar-refractivity contribution in [2.24, 2.45) is 0 Å². The number of aromatic nitrogens is 1.